The van der Waals surface area contributed by atoms with Crippen LogP contribution in [0, 0.1) is 11.6 Å². The van der Waals surface area contributed by atoms with Crippen LogP contribution in [0.3, 0.4) is 0 Å². The molecule has 0 saturated carbocycles. The average molecular weight is 258 g/mol. The number of aromatic nitrogens is 1. The normalized spacial score (nSPS) is 11.1. The number of halogens is 2. The standard InChI is InChI=1S/C15H12F2N2/c16-12-2-1-11(14(17)8-12)9-19-6-5-10-7-13(18)3-4-15(10)19/h1-8H,9,18H2. The van der Waals surface area contributed by atoms with Gasteiger partial charge in [0, 0.05) is 34.4 Å². The van der Waals surface area contributed by atoms with Crippen LogP contribution in [0.4, 0.5) is 14.5 Å². The first-order chi connectivity index (χ1) is 9.13. The molecule has 0 unspecified atom stereocenters. The molecule has 1 heterocycles. The second-order valence-electron chi connectivity index (χ2n) is 4.50. The molecule has 1 aromatic heterocycles. The molecule has 2 N–H and O–H groups in total. The number of hydrogen-bond acceptors (Lipinski definition) is 1. The molecule has 19 heavy (non-hydrogen) atoms. The van der Waals surface area contributed by atoms with Gasteiger partial charge in [-0.05, 0) is 30.3 Å². The highest BCUT2D eigenvalue weighted by Gasteiger charge is 2.07. The number of anilines is 1. The number of nitrogen functional groups attached to an aromatic ring is 1. The van der Waals surface area contributed by atoms with Crippen LogP contribution < -0.4 is 5.73 Å². The zero-order valence-electron chi connectivity index (χ0n) is 10.1. The van der Waals surface area contributed by atoms with E-state index in [0.29, 0.717) is 17.8 Å². The molecule has 2 nitrogen and oxygen atoms in total. The first-order valence-corrected chi connectivity index (χ1v) is 5.92. The molecule has 0 aliphatic heterocycles. The van der Waals surface area contributed by atoms with E-state index in [0.717, 1.165) is 17.0 Å². The summed E-state index contributed by atoms with van der Waals surface area (Å²) in [5, 5.41) is 1.00. The van der Waals surface area contributed by atoms with Gasteiger partial charge in [-0.3, -0.25) is 0 Å². The lowest BCUT2D eigenvalue weighted by atomic mass is 10.2. The highest BCUT2D eigenvalue weighted by molar-refractivity contribution is 5.83. The maximum atomic E-state index is 13.6. The Morgan fingerprint density at radius 2 is 1.84 bits per heavy atom. The fourth-order valence-electron chi connectivity index (χ4n) is 2.19. The highest BCUT2D eigenvalue weighted by Crippen LogP contribution is 2.21. The van der Waals surface area contributed by atoms with E-state index in [-0.39, 0.29) is 0 Å². The van der Waals surface area contributed by atoms with Crippen LogP contribution in [0.1, 0.15) is 5.56 Å². The summed E-state index contributed by atoms with van der Waals surface area (Å²) in [5.41, 5.74) is 7.83. The van der Waals surface area contributed by atoms with Crippen molar-refractivity contribution in [3.05, 3.63) is 65.9 Å². The predicted molar refractivity (Wildman–Crippen MR) is 71.8 cm³/mol. The third-order valence-corrected chi connectivity index (χ3v) is 3.15. The molecule has 0 aliphatic carbocycles. The molecule has 0 amide bonds. The van der Waals surface area contributed by atoms with E-state index in [2.05, 4.69) is 0 Å². The van der Waals surface area contributed by atoms with Crippen LogP contribution in [0.2, 0.25) is 0 Å². The Morgan fingerprint density at radius 1 is 1.00 bits per heavy atom. The summed E-state index contributed by atoms with van der Waals surface area (Å²) >= 11 is 0. The van der Waals surface area contributed by atoms with Crippen LogP contribution >= 0.6 is 0 Å². The van der Waals surface area contributed by atoms with Gasteiger partial charge < -0.3 is 10.3 Å². The van der Waals surface area contributed by atoms with Gasteiger partial charge in [-0.15, -0.1) is 0 Å². The maximum absolute atomic E-state index is 13.6. The number of nitrogens with two attached hydrogens (primary N) is 1. The molecular weight excluding hydrogens is 246 g/mol. The van der Waals surface area contributed by atoms with Gasteiger partial charge in [-0.25, -0.2) is 8.78 Å². The van der Waals surface area contributed by atoms with Crippen molar-refractivity contribution in [3.8, 4) is 0 Å². The van der Waals surface area contributed by atoms with Crippen molar-refractivity contribution >= 4 is 16.6 Å². The van der Waals surface area contributed by atoms with E-state index >= 15 is 0 Å². The molecule has 3 rings (SSSR count). The quantitative estimate of drug-likeness (QED) is 0.700. The topological polar surface area (TPSA) is 30.9 Å². The highest BCUT2D eigenvalue weighted by atomic mass is 19.1. The second-order valence-corrected chi connectivity index (χ2v) is 4.50. The fourth-order valence-corrected chi connectivity index (χ4v) is 2.19. The number of fused-ring (bicyclic) bond motifs is 1. The van der Waals surface area contributed by atoms with Gasteiger partial charge >= 0.3 is 0 Å². The molecule has 0 fully saturated rings. The van der Waals surface area contributed by atoms with Crippen molar-refractivity contribution < 1.29 is 8.78 Å². The van der Waals surface area contributed by atoms with Crippen LogP contribution in [0.25, 0.3) is 10.9 Å². The minimum atomic E-state index is -0.564. The van der Waals surface area contributed by atoms with Crippen molar-refractivity contribution in [2.45, 2.75) is 6.54 Å². The Bertz CT molecular complexity index is 747. The fraction of sp³-hybridized carbons (Fsp3) is 0.0667. The van der Waals surface area contributed by atoms with Gasteiger partial charge in [0.05, 0.1) is 6.54 Å². The van der Waals surface area contributed by atoms with Crippen molar-refractivity contribution in [2.75, 3.05) is 5.73 Å². The summed E-state index contributed by atoms with van der Waals surface area (Å²) in [7, 11) is 0. The third kappa shape index (κ3) is 2.17. The van der Waals surface area contributed by atoms with Crippen molar-refractivity contribution in [3.63, 3.8) is 0 Å². The van der Waals surface area contributed by atoms with Crippen LogP contribution in [-0.2, 0) is 6.54 Å². The second kappa shape index (κ2) is 4.39. The van der Waals surface area contributed by atoms with Crippen molar-refractivity contribution in [2.24, 2.45) is 0 Å². The lowest BCUT2D eigenvalue weighted by Gasteiger charge is -2.07. The van der Waals surface area contributed by atoms with Gasteiger partial charge in [0.1, 0.15) is 11.6 Å². The monoisotopic (exact) mass is 258 g/mol. The molecular formula is C15H12F2N2. The molecule has 96 valence electrons. The van der Waals surface area contributed by atoms with Crippen LogP contribution in [0.15, 0.2) is 48.7 Å². The molecule has 4 heteroatoms. The zero-order chi connectivity index (χ0) is 13.4. The van der Waals surface area contributed by atoms with E-state index in [9.17, 15) is 8.78 Å². The summed E-state index contributed by atoms with van der Waals surface area (Å²) in [5.74, 6) is -1.09. The predicted octanol–water partition coefficient (Wildman–Crippen LogP) is 3.55. The molecule has 0 saturated heterocycles. The molecule has 0 atom stereocenters. The van der Waals surface area contributed by atoms with Gasteiger partial charge in [0.2, 0.25) is 0 Å². The Hall–Kier alpha value is -2.36. The minimum Gasteiger partial charge on any atom is -0.399 e. The van der Waals surface area contributed by atoms with E-state index in [1.54, 1.807) is 6.07 Å². The van der Waals surface area contributed by atoms with Crippen molar-refractivity contribution in [1.82, 2.24) is 4.57 Å². The smallest absolute Gasteiger partial charge is 0.131 e. The summed E-state index contributed by atoms with van der Waals surface area (Å²) in [6, 6.07) is 11.1. The lowest BCUT2D eigenvalue weighted by molar-refractivity contribution is 0.567. The number of rotatable bonds is 2. The summed E-state index contributed by atoms with van der Waals surface area (Å²) in [6.07, 6.45) is 1.87. The largest absolute Gasteiger partial charge is 0.399 e. The molecule has 0 spiro atoms. The molecule has 2 aromatic carbocycles. The number of benzene rings is 2. The number of nitrogens with zero attached hydrogens (tertiary/aromatic N) is 1. The summed E-state index contributed by atoms with van der Waals surface area (Å²) < 4.78 is 28.4. The van der Waals surface area contributed by atoms with Crippen LogP contribution in [0.5, 0.6) is 0 Å². The number of hydrogen-bond donors (Lipinski definition) is 1. The summed E-state index contributed by atoms with van der Waals surface area (Å²) in [4.78, 5) is 0. The molecule has 0 aliphatic rings. The molecule has 3 aromatic rings. The first-order valence-electron chi connectivity index (χ1n) is 5.92. The minimum absolute atomic E-state index is 0.361. The van der Waals surface area contributed by atoms with E-state index in [4.69, 9.17) is 5.73 Å². The summed E-state index contributed by atoms with van der Waals surface area (Å²) in [6.45, 7) is 0.361. The van der Waals surface area contributed by atoms with Gasteiger partial charge in [-0.2, -0.15) is 0 Å². The zero-order valence-corrected chi connectivity index (χ0v) is 10.1. The molecule has 0 bridgehead atoms. The Kier molecular flexibility index (Phi) is 2.71. The molecule has 0 radical (unpaired) electrons. The third-order valence-electron chi connectivity index (χ3n) is 3.15. The Balaban J connectivity index is 2.01. The van der Waals surface area contributed by atoms with Gasteiger partial charge in [0.15, 0.2) is 0 Å². The van der Waals surface area contributed by atoms with Gasteiger partial charge in [0.25, 0.3) is 0 Å². The Morgan fingerprint density at radius 3 is 2.63 bits per heavy atom. The average Bonchev–Trinajstić information content (AvgIpc) is 2.75. The first kappa shape index (κ1) is 11.7. The SMILES string of the molecule is Nc1ccc2c(ccn2Cc2ccc(F)cc2F)c1. The lowest BCUT2D eigenvalue weighted by Crippen LogP contribution is -2.01. The van der Waals surface area contributed by atoms with E-state index in [1.807, 2.05) is 29.0 Å². The van der Waals surface area contributed by atoms with Crippen molar-refractivity contribution in [1.29, 1.82) is 0 Å². The van der Waals surface area contributed by atoms with Crippen LogP contribution in [-0.4, -0.2) is 4.57 Å². The Labute approximate surface area is 109 Å². The van der Waals surface area contributed by atoms with E-state index < -0.39 is 11.6 Å². The van der Waals surface area contributed by atoms with Gasteiger partial charge in [-0.1, -0.05) is 6.07 Å². The maximum Gasteiger partial charge on any atom is 0.131 e. The van der Waals surface area contributed by atoms with E-state index in [1.165, 1.54) is 12.1 Å².